The van der Waals surface area contributed by atoms with E-state index in [1.165, 1.54) is 18.4 Å². The van der Waals surface area contributed by atoms with Gasteiger partial charge < -0.3 is 5.73 Å². The van der Waals surface area contributed by atoms with E-state index in [0.717, 1.165) is 10.9 Å². The molecule has 0 heterocycles. The highest BCUT2D eigenvalue weighted by molar-refractivity contribution is 9.10. The van der Waals surface area contributed by atoms with Crippen molar-refractivity contribution in [2.75, 3.05) is 5.73 Å². The number of unbranched alkanes of at least 4 members (excludes halogenated alkanes) is 1. The molecule has 0 aromatic heterocycles. The molecule has 0 fully saturated rings. The van der Waals surface area contributed by atoms with Crippen molar-refractivity contribution in [3.05, 3.63) is 63.6 Å². The molecule has 3 heteroatoms. The summed E-state index contributed by atoms with van der Waals surface area (Å²) in [6.45, 7) is 2.18. The molecule has 0 aliphatic heterocycles. The van der Waals surface area contributed by atoms with Crippen LogP contribution in [0, 0.1) is 0 Å². The van der Waals surface area contributed by atoms with E-state index in [1.807, 2.05) is 24.3 Å². The minimum atomic E-state index is 0.0000384. The molecule has 0 saturated carbocycles. The van der Waals surface area contributed by atoms with Gasteiger partial charge in [-0.3, -0.25) is 4.79 Å². The fourth-order valence-electron chi connectivity index (χ4n) is 2.11. The van der Waals surface area contributed by atoms with Crippen LogP contribution in [0.15, 0.2) is 46.9 Å². The first kappa shape index (κ1) is 14.8. The summed E-state index contributed by atoms with van der Waals surface area (Å²) in [6.07, 6.45) is 3.42. The monoisotopic (exact) mass is 331 g/mol. The second kappa shape index (κ2) is 6.71. The Bertz CT molecular complexity index is 585. The molecular formula is C17H18BrNO. The third-order valence-corrected chi connectivity index (χ3v) is 3.68. The molecule has 0 spiro atoms. The van der Waals surface area contributed by atoms with Crippen molar-refractivity contribution in [3.63, 3.8) is 0 Å². The highest BCUT2D eigenvalue weighted by Crippen LogP contribution is 2.20. The Hall–Kier alpha value is -1.61. The van der Waals surface area contributed by atoms with E-state index in [2.05, 4.69) is 22.9 Å². The number of halogens is 1. The van der Waals surface area contributed by atoms with Crippen molar-refractivity contribution in [1.82, 2.24) is 0 Å². The van der Waals surface area contributed by atoms with Gasteiger partial charge in [0.25, 0.3) is 0 Å². The number of carbonyl (C=O) groups excluding carboxylic acids is 1. The number of ketones is 1. The Morgan fingerprint density at radius 1 is 1.10 bits per heavy atom. The van der Waals surface area contributed by atoms with Crippen LogP contribution < -0.4 is 5.73 Å². The molecule has 0 radical (unpaired) electrons. The molecule has 0 unspecified atom stereocenters. The van der Waals surface area contributed by atoms with Crippen molar-refractivity contribution in [2.24, 2.45) is 0 Å². The number of hydrogen-bond acceptors (Lipinski definition) is 2. The van der Waals surface area contributed by atoms with Crippen molar-refractivity contribution in [3.8, 4) is 0 Å². The van der Waals surface area contributed by atoms with Gasteiger partial charge >= 0.3 is 0 Å². The summed E-state index contributed by atoms with van der Waals surface area (Å²) in [5, 5.41) is 0. The Morgan fingerprint density at radius 2 is 1.80 bits per heavy atom. The Balaban J connectivity index is 2.20. The van der Waals surface area contributed by atoms with Crippen molar-refractivity contribution < 1.29 is 4.79 Å². The summed E-state index contributed by atoms with van der Waals surface area (Å²) >= 11 is 3.36. The maximum Gasteiger partial charge on any atom is 0.193 e. The number of rotatable bonds is 5. The summed E-state index contributed by atoms with van der Waals surface area (Å²) in [5.74, 6) is 0.0000384. The van der Waals surface area contributed by atoms with Crippen LogP contribution in [0.5, 0.6) is 0 Å². The van der Waals surface area contributed by atoms with Crippen LogP contribution in [0.1, 0.15) is 41.3 Å². The molecule has 0 bridgehead atoms. The standard InChI is InChI=1S/C17H18BrNO/c1-2-3-4-12-5-7-13(8-6-12)17(20)14-9-15(18)11-16(19)10-14/h5-11H,2-4,19H2,1H3. The highest BCUT2D eigenvalue weighted by Gasteiger charge is 2.10. The van der Waals surface area contributed by atoms with Gasteiger partial charge in [0, 0.05) is 21.3 Å². The van der Waals surface area contributed by atoms with Crippen LogP contribution in [0.25, 0.3) is 0 Å². The maximum absolute atomic E-state index is 12.4. The average molecular weight is 332 g/mol. The first-order valence-electron chi connectivity index (χ1n) is 6.80. The largest absolute Gasteiger partial charge is 0.399 e. The topological polar surface area (TPSA) is 43.1 Å². The van der Waals surface area contributed by atoms with Crippen LogP contribution in [0.3, 0.4) is 0 Å². The van der Waals surface area contributed by atoms with E-state index in [0.29, 0.717) is 16.8 Å². The quantitative estimate of drug-likeness (QED) is 0.642. The van der Waals surface area contributed by atoms with E-state index in [1.54, 1.807) is 18.2 Å². The molecule has 0 aliphatic rings. The van der Waals surface area contributed by atoms with Gasteiger partial charge in [-0.25, -0.2) is 0 Å². The predicted octanol–water partition coefficient (Wildman–Crippen LogP) is 4.60. The maximum atomic E-state index is 12.4. The zero-order valence-corrected chi connectivity index (χ0v) is 13.1. The Labute approximate surface area is 128 Å². The normalized spacial score (nSPS) is 10.5. The molecule has 20 heavy (non-hydrogen) atoms. The van der Waals surface area contributed by atoms with Gasteiger partial charge in [0.05, 0.1) is 0 Å². The van der Waals surface area contributed by atoms with E-state index in [9.17, 15) is 4.79 Å². The number of aryl methyl sites for hydroxylation is 1. The molecule has 2 aromatic rings. The van der Waals surface area contributed by atoms with Crippen LogP contribution in [0.2, 0.25) is 0 Å². The van der Waals surface area contributed by atoms with Gasteiger partial charge in [0.2, 0.25) is 0 Å². The molecular weight excluding hydrogens is 314 g/mol. The van der Waals surface area contributed by atoms with Crippen molar-refractivity contribution >= 4 is 27.4 Å². The van der Waals surface area contributed by atoms with Gasteiger partial charge in [-0.2, -0.15) is 0 Å². The fraction of sp³-hybridized carbons (Fsp3) is 0.235. The van der Waals surface area contributed by atoms with E-state index < -0.39 is 0 Å². The van der Waals surface area contributed by atoms with Crippen LogP contribution >= 0.6 is 15.9 Å². The molecule has 2 rings (SSSR count). The van der Waals surface area contributed by atoms with Crippen molar-refractivity contribution in [2.45, 2.75) is 26.2 Å². The lowest BCUT2D eigenvalue weighted by Gasteiger charge is -2.05. The number of anilines is 1. The van der Waals surface area contributed by atoms with Gasteiger partial charge in [-0.05, 0) is 36.6 Å². The third kappa shape index (κ3) is 3.70. The zero-order chi connectivity index (χ0) is 14.5. The molecule has 0 aliphatic carbocycles. The van der Waals surface area contributed by atoms with Gasteiger partial charge in [0.1, 0.15) is 0 Å². The van der Waals surface area contributed by atoms with Crippen molar-refractivity contribution in [1.29, 1.82) is 0 Å². The number of hydrogen-bond donors (Lipinski definition) is 1. The molecule has 0 saturated heterocycles. The van der Waals surface area contributed by atoms with E-state index in [4.69, 9.17) is 5.73 Å². The summed E-state index contributed by atoms with van der Waals surface area (Å²) in [5.41, 5.74) is 8.94. The predicted molar refractivity (Wildman–Crippen MR) is 87.0 cm³/mol. The smallest absolute Gasteiger partial charge is 0.193 e. The molecule has 2 N–H and O–H groups in total. The van der Waals surface area contributed by atoms with Gasteiger partial charge in [-0.1, -0.05) is 53.5 Å². The third-order valence-electron chi connectivity index (χ3n) is 3.22. The SMILES string of the molecule is CCCCc1ccc(C(=O)c2cc(N)cc(Br)c2)cc1. The Kier molecular flexibility index (Phi) is 4.96. The highest BCUT2D eigenvalue weighted by atomic mass is 79.9. The first-order valence-corrected chi connectivity index (χ1v) is 7.59. The lowest BCUT2D eigenvalue weighted by atomic mass is 10.00. The fourth-order valence-corrected chi connectivity index (χ4v) is 2.62. The molecule has 0 amide bonds. The van der Waals surface area contributed by atoms with E-state index in [-0.39, 0.29) is 5.78 Å². The summed E-state index contributed by atoms with van der Waals surface area (Å²) in [7, 11) is 0. The van der Waals surface area contributed by atoms with E-state index >= 15 is 0 Å². The van der Waals surface area contributed by atoms with Crippen LogP contribution in [-0.4, -0.2) is 5.78 Å². The van der Waals surface area contributed by atoms with Crippen LogP contribution in [-0.2, 0) is 6.42 Å². The molecule has 2 aromatic carbocycles. The molecule has 0 atom stereocenters. The minimum Gasteiger partial charge on any atom is -0.399 e. The molecule has 2 nitrogen and oxygen atoms in total. The average Bonchev–Trinajstić information content (AvgIpc) is 2.44. The minimum absolute atomic E-state index is 0.0000384. The van der Waals surface area contributed by atoms with Gasteiger partial charge in [-0.15, -0.1) is 0 Å². The summed E-state index contributed by atoms with van der Waals surface area (Å²) in [6, 6.07) is 13.1. The lowest BCUT2D eigenvalue weighted by Crippen LogP contribution is -2.02. The zero-order valence-electron chi connectivity index (χ0n) is 11.5. The lowest BCUT2D eigenvalue weighted by molar-refractivity contribution is 0.103. The second-order valence-electron chi connectivity index (χ2n) is 4.90. The van der Waals surface area contributed by atoms with Crippen LogP contribution in [0.4, 0.5) is 5.69 Å². The van der Waals surface area contributed by atoms with Gasteiger partial charge in [0.15, 0.2) is 5.78 Å². The number of carbonyl (C=O) groups is 1. The number of nitrogens with two attached hydrogens (primary N) is 1. The number of nitrogen functional groups attached to an aromatic ring is 1. The Morgan fingerprint density at radius 3 is 2.40 bits per heavy atom. The summed E-state index contributed by atoms with van der Waals surface area (Å²) < 4.78 is 0.820. The first-order chi connectivity index (χ1) is 9.60. The number of benzene rings is 2. The summed E-state index contributed by atoms with van der Waals surface area (Å²) in [4.78, 5) is 12.4. The second-order valence-corrected chi connectivity index (χ2v) is 5.82. The molecule has 104 valence electrons.